The van der Waals surface area contributed by atoms with E-state index >= 15 is 0 Å². The minimum atomic E-state index is -0.769. The molecule has 0 saturated carbocycles. The zero-order chi connectivity index (χ0) is 19.0. The van der Waals surface area contributed by atoms with E-state index in [9.17, 15) is 9.59 Å². The Kier molecular flexibility index (Phi) is 4.32. The highest BCUT2D eigenvalue weighted by Crippen LogP contribution is 2.21. The van der Waals surface area contributed by atoms with Crippen molar-refractivity contribution in [3.63, 3.8) is 0 Å². The van der Waals surface area contributed by atoms with Gasteiger partial charge in [-0.15, -0.1) is 16.4 Å². The zero-order valence-corrected chi connectivity index (χ0v) is 15.4. The van der Waals surface area contributed by atoms with Crippen LogP contribution in [-0.4, -0.2) is 30.2 Å². The van der Waals surface area contributed by atoms with Crippen LogP contribution < -0.4 is 11.0 Å². The molecule has 10 heteroatoms. The normalized spacial score (nSPS) is 12.4. The number of nitrogens with zero attached hydrogens (tertiary/aromatic N) is 5. The SMILES string of the molecule is Cc1noc(-c2cccn3c(=O)n([C@H](C)C(=O)NCc4cccs4)nc23)n1. The summed E-state index contributed by atoms with van der Waals surface area (Å²) in [6.45, 7) is 3.75. The number of nitrogens with one attached hydrogen (secondary N) is 1. The third kappa shape index (κ3) is 3.14. The van der Waals surface area contributed by atoms with Crippen molar-refractivity contribution in [2.45, 2.75) is 26.4 Å². The van der Waals surface area contributed by atoms with Gasteiger partial charge < -0.3 is 9.84 Å². The van der Waals surface area contributed by atoms with Gasteiger partial charge in [-0.2, -0.15) is 4.98 Å². The summed E-state index contributed by atoms with van der Waals surface area (Å²) in [5, 5.41) is 12.9. The van der Waals surface area contributed by atoms with Gasteiger partial charge in [0.05, 0.1) is 12.1 Å². The van der Waals surface area contributed by atoms with E-state index in [1.54, 1.807) is 43.5 Å². The highest BCUT2D eigenvalue weighted by molar-refractivity contribution is 7.09. The largest absolute Gasteiger partial charge is 0.351 e. The first-order valence-corrected chi connectivity index (χ1v) is 9.13. The monoisotopic (exact) mass is 384 g/mol. The van der Waals surface area contributed by atoms with Gasteiger partial charge in [0.15, 0.2) is 11.5 Å². The van der Waals surface area contributed by atoms with Gasteiger partial charge in [0.2, 0.25) is 5.91 Å². The molecule has 1 amide bonds. The van der Waals surface area contributed by atoms with Crippen molar-refractivity contribution < 1.29 is 9.32 Å². The molecule has 0 aliphatic carbocycles. The van der Waals surface area contributed by atoms with Crippen molar-refractivity contribution >= 4 is 22.9 Å². The Bertz CT molecular complexity index is 1160. The second-order valence-corrected chi connectivity index (χ2v) is 6.99. The molecule has 0 unspecified atom stereocenters. The van der Waals surface area contributed by atoms with Gasteiger partial charge in [-0.05, 0) is 37.4 Å². The summed E-state index contributed by atoms with van der Waals surface area (Å²) >= 11 is 1.55. The van der Waals surface area contributed by atoms with Crippen LogP contribution in [0.15, 0.2) is 45.2 Å². The molecule has 0 saturated heterocycles. The lowest BCUT2D eigenvalue weighted by atomic mass is 10.2. The Balaban J connectivity index is 1.66. The van der Waals surface area contributed by atoms with Crippen molar-refractivity contribution in [3.8, 4) is 11.5 Å². The summed E-state index contributed by atoms with van der Waals surface area (Å²) in [5.74, 6) is 0.462. The van der Waals surface area contributed by atoms with E-state index in [1.165, 1.54) is 4.40 Å². The number of aromatic nitrogens is 5. The summed E-state index contributed by atoms with van der Waals surface area (Å²) in [6.07, 6.45) is 1.59. The lowest BCUT2D eigenvalue weighted by Crippen LogP contribution is -2.35. The highest BCUT2D eigenvalue weighted by atomic mass is 32.1. The van der Waals surface area contributed by atoms with E-state index in [2.05, 4.69) is 20.6 Å². The maximum Gasteiger partial charge on any atom is 0.351 e. The fraction of sp³-hybridized carbons (Fsp3) is 0.235. The molecule has 27 heavy (non-hydrogen) atoms. The van der Waals surface area contributed by atoms with Crippen LogP contribution in [0.5, 0.6) is 0 Å². The predicted octanol–water partition coefficient (Wildman–Crippen LogP) is 1.79. The Morgan fingerprint density at radius 3 is 2.93 bits per heavy atom. The maximum absolute atomic E-state index is 12.7. The van der Waals surface area contributed by atoms with Crippen LogP contribution in [0, 0.1) is 6.92 Å². The topological polar surface area (TPSA) is 107 Å². The van der Waals surface area contributed by atoms with Gasteiger partial charge in [-0.25, -0.2) is 13.9 Å². The molecule has 4 heterocycles. The van der Waals surface area contributed by atoms with Crippen molar-refractivity contribution in [3.05, 3.63) is 57.0 Å². The molecule has 4 aromatic rings. The molecular formula is C17H16N6O3S. The zero-order valence-electron chi connectivity index (χ0n) is 14.6. The van der Waals surface area contributed by atoms with E-state index < -0.39 is 11.7 Å². The molecule has 4 aromatic heterocycles. The number of fused-ring (bicyclic) bond motifs is 1. The third-order valence-corrected chi connectivity index (χ3v) is 4.97. The molecule has 0 aromatic carbocycles. The smallest absolute Gasteiger partial charge is 0.349 e. The molecule has 0 bridgehead atoms. The van der Waals surface area contributed by atoms with Gasteiger partial charge in [-0.3, -0.25) is 4.79 Å². The summed E-state index contributed by atoms with van der Waals surface area (Å²) in [4.78, 5) is 30.4. The number of amides is 1. The van der Waals surface area contributed by atoms with Crippen LogP contribution in [0.2, 0.25) is 0 Å². The van der Waals surface area contributed by atoms with Crippen LogP contribution in [-0.2, 0) is 11.3 Å². The van der Waals surface area contributed by atoms with E-state index in [0.717, 1.165) is 9.56 Å². The molecule has 0 fully saturated rings. The molecule has 138 valence electrons. The van der Waals surface area contributed by atoms with E-state index in [4.69, 9.17) is 4.52 Å². The number of rotatable bonds is 5. The third-order valence-electron chi connectivity index (χ3n) is 4.09. The first kappa shape index (κ1) is 17.2. The lowest BCUT2D eigenvalue weighted by molar-refractivity contribution is -0.124. The number of aryl methyl sites for hydroxylation is 1. The number of carbonyl (C=O) groups excluding carboxylic acids is 1. The molecule has 0 aliphatic heterocycles. The van der Waals surface area contributed by atoms with Crippen LogP contribution in [0.25, 0.3) is 17.1 Å². The molecule has 9 nitrogen and oxygen atoms in total. The number of hydrogen-bond donors (Lipinski definition) is 1. The van der Waals surface area contributed by atoms with E-state index in [0.29, 0.717) is 23.6 Å². The van der Waals surface area contributed by atoms with Crippen molar-refractivity contribution in [2.75, 3.05) is 0 Å². The first-order valence-electron chi connectivity index (χ1n) is 8.25. The fourth-order valence-corrected chi connectivity index (χ4v) is 3.33. The van der Waals surface area contributed by atoms with Crippen molar-refractivity contribution in [1.29, 1.82) is 0 Å². The fourth-order valence-electron chi connectivity index (χ4n) is 2.68. The van der Waals surface area contributed by atoms with Crippen molar-refractivity contribution in [1.82, 2.24) is 29.6 Å². The minimum Gasteiger partial charge on any atom is -0.349 e. The Hall–Kier alpha value is -3.27. The van der Waals surface area contributed by atoms with Gasteiger partial charge in [0.1, 0.15) is 6.04 Å². The second-order valence-electron chi connectivity index (χ2n) is 5.96. The number of thiophene rings is 1. The Morgan fingerprint density at radius 2 is 2.22 bits per heavy atom. The molecule has 0 spiro atoms. The standard InChI is InChI=1S/C17H16N6O3S/c1-10(15(24)18-9-12-5-4-8-27-12)23-17(25)22-7-3-6-13(14(22)20-23)16-19-11(2)21-26-16/h3-8,10H,9H2,1-2H3,(H,18,24)/t10-/m1/s1. The van der Waals surface area contributed by atoms with Crippen molar-refractivity contribution in [2.24, 2.45) is 0 Å². The van der Waals surface area contributed by atoms with Gasteiger partial charge >= 0.3 is 5.69 Å². The first-order chi connectivity index (χ1) is 13.0. The summed E-state index contributed by atoms with van der Waals surface area (Å²) in [5.41, 5.74) is 0.464. The second kappa shape index (κ2) is 6.80. The lowest BCUT2D eigenvalue weighted by Gasteiger charge is -2.10. The maximum atomic E-state index is 12.7. The molecular weight excluding hydrogens is 368 g/mol. The number of hydrogen-bond acceptors (Lipinski definition) is 7. The summed E-state index contributed by atoms with van der Waals surface area (Å²) < 4.78 is 7.71. The minimum absolute atomic E-state index is 0.269. The van der Waals surface area contributed by atoms with Gasteiger partial charge in [-0.1, -0.05) is 11.2 Å². The van der Waals surface area contributed by atoms with Gasteiger partial charge in [0, 0.05) is 11.1 Å². The van der Waals surface area contributed by atoms with E-state index in [-0.39, 0.29) is 11.8 Å². The van der Waals surface area contributed by atoms with Crippen LogP contribution in [0.1, 0.15) is 23.7 Å². The van der Waals surface area contributed by atoms with E-state index in [1.807, 2.05) is 17.5 Å². The predicted molar refractivity (Wildman–Crippen MR) is 98.4 cm³/mol. The molecule has 1 atom stereocenters. The summed E-state index contributed by atoms with van der Waals surface area (Å²) in [7, 11) is 0. The average Bonchev–Trinajstić information content (AvgIpc) is 3.40. The van der Waals surface area contributed by atoms with Crippen LogP contribution in [0.3, 0.4) is 0 Å². The van der Waals surface area contributed by atoms with Gasteiger partial charge in [0.25, 0.3) is 5.89 Å². The summed E-state index contributed by atoms with van der Waals surface area (Å²) in [6, 6.07) is 6.51. The average molecular weight is 384 g/mol. The van der Waals surface area contributed by atoms with Crippen LogP contribution in [0.4, 0.5) is 0 Å². The Morgan fingerprint density at radius 1 is 1.37 bits per heavy atom. The number of pyridine rings is 1. The van der Waals surface area contributed by atoms with Crippen LogP contribution >= 0.6 is 11.3 Å². The molecule has 4 rings (SSSR count). The quantitative estimate of drug-likeness (QED) is 0.562. The Labute approximate surface area is 157 Å². The molecule has 0 radical (unpaired) electrons. The molecule has 1 N–H and O–H groups in total. The number of carbonyl (C=O) groups is 1. The highest BCUT2D eigenvalue weighted by Gasteiger charge is 2.22. The molecule has 0 aliphatic rings.